The minimum Gasteiger partial charge on any atom is -0.394 e. The maximum absolute atomic E-state index is 9.57. The molecule has 0 aromatic carbocycles. The Labute approximate surface area is 128 Å². The van der Waals surface area contributed by atoms with E-state index in [4.69, 9.17) is 9.97 Å². The predicted octanol–water partition coefficient (Wildman–Crippen LogP) is 3.03. The molecule has 0 amide bonds. The van der Waals surface area contributed by atoms with Crippen molar-refractivity contribution in [1.82, 2.24) is 9.97 Å². The van der Waals surface area contributed by atoms with E-state index in [0.717, 1.165) is 36.7 Å². The van der Waals surface area contributed by atoms with Crippen LogP contribution in [0.4, 0.5) is 5.82 Å². The average molecular weight is 291 g/mol. The van der Waals surface area contributed by atoms with Gasteiger partial charge in [-0.15, -0.1) is 0 Å². The lowest BCUT2D eigenvalue weighted by atomic mass is 9.90. The van der Waals surface area contributed by atoms with Crippen molar-refractivity contribution in [3.8, 4) is 0 Å². The number of aliphatic hydroxyl groups excluding tert-OH is 1. The molecule has 2 rings (SSSR count). The minimum atomic E-state index is -0.0789. The van der Waals surface area contributed by atoms with Crippen LogP contribution >= 0.6 is 0 Å². The quantitative estimate of drug-likeness (QED) is 0.910. The Morgan fingerprint density at radius 1 is 1.14 bits per heavy atom. The van der Waals surface area contributed by atoms with Gasteiger partial charge < -0.3 is 10.0 Å². The van der Waals surface area contributed by atoms with Crippen LogP contribution in [0.25, 0.3) is 0 Å². The maximum Gasteiger partial charge on any atom is 0.136 e. The van der Waals surface area contributed by atoms with E-state index in [1.807, 2.05) is 0 Å². The summed E-state index contributed by atoms with van der Waals surface area (Å²) in [6, 6.07) is 2.30. The van der Waals surface area contributed by atoms with E-state index in [1.165, 1.54) is 0 Å². The SMILES string of the molecule is CC(C)(C)c1cc(N2CCCC2CO)nc(C(C)(C)C)n1. The molecule has 2 heterocycles. The van der Waals surface area contributed by atoms with E-state index in [1.54, 1.807) is 0 Å². The topological polar surface area (TPSA) is 49.2 Å². The van der Waals surface area contributed by atoms with Crippen molar-refractivity contribution in [2.24, 2.45) is 0 Å². The molecule has 1 N–H and O–H groups in total. The van der Waals surface area contributed by atoms with Gasteiger partial charge in [0.05, 0.1) is 18.3 Å². The lowest BCUT2D eigenvalue weighted by Crippen LogP contribution is -2.34. The lowest BCUT2D eigenvalue weighted by molar-refractivity contribution is 0.266. The van der Waals surface area contributed by atoms with E-state index >= 15 is 0 Å². The molecule has 4 heteroatoms. The van der Waals surface area contributed by atoms with Crippen molar-refractivity contribution in [3.63, 3.8) is 0 Å². The van der Waals surface area contributed by atoms with Crippen molar-refractivity contribution < 1.29 is 5.11 Å². The Balaban J connectivity index is 2.50. The molecule has 1 aromatic rings. The average Bonchev–Trinajstić information content (AvgIpc) is 2.84. The summed E-state index contributed by atoms with van der Waals surface area (Å²) in [7, 11) is 0. The molecule has 1 aromatic heterocycles. The second-order valence-corrected chi connectivity index (χ2v) is 8.11. The largest absolute Gasteiger partial charge is 0.394 e. The molecule has 0 aliphatic carbocycles. The second kappa shape index (κ2) is 5.56. The number of aliphatic hydroxyl groups is 1. The summed E-state index contributed by atoms with van der Waals surface area (Å²) in [4.78, 5) is 11.8. The monoisotopic (exact) mass is 291 g/mol. The third-order valence-corrected chi connectivity index (χ3v) is 4.03. The van der Waals surface area contributed by atoms with Crippen LogP contribution in [0.15, 0.2) is 6.07 Å². The van der Waals surface area contributed by atoms with Gasteiger partial charge in [0.2, 0.25) is 0 Å². The highest BCUT2D eigenvalue weighted by Crippen LogP contribution is 2.31. The van der Waals surface area contributed by atoms with E-state index in [-0.39, 0.29) is 23.5 Å². The number of nitrogens with zero attached hydrogens (tertiary/aromatic N) is 3. The smallest absolute Gasteiger partial charge is 0.136 e. The highest BCUT2D eigenvalue weighted by atomic mass is 16.3. The molecule has 1 fully saturated rings. The van der Waals surface area contributed by atoms with Gasteiger partial charge in [0.25, 0.3) is 0 Å². The fourth-order valence-corrected chi connectivity index (χ4v) is 2.63. The number of rotatable bonds is 2. The summed E-state index contributed by atoms with van der Waals surface area (Å²) in [6.45, 7) is 14.1. The summed E-state index contributed by atoms with van der Waals surface area (Å²) in [5.74, 6) is 1.85. The molecular weight excluding hydrogens is 262 g/mol. The van der Waals surface area contributed by atoms with Crippen LogP contribution < -0.4 is 4.90 Å². The summed E-state index contributed by atoms with van der Waals surface area (Å²) >= 11 is 0. The van der Waals surface area contributed by atoms with Crippen LogP contribution in [-0.4, -0.2) is 34.3 Å². The van der Waals surface area contributed by atoms with E-state index < -0.39 is 0 Å². The first-order chi connectivity index (χ1) is 9.63. The van der Waals surface area contributed by atoms with Crippen LogP contribution in [0.3, 0.4) is 0 Å². The summed E-state index contributed by atoms with van der Waals surface area (Å²) in [5.41, 5.74) is 0.984. The zero-order chi connectivity index (χ0) is 15.8. The Hall–Kier alpha value is -1.16. The molecule has 0 radical (unpaired) electrons. The summed E-state index contributed by atoms with van der Waals surface area (Å²) < 4.78 is 0. The van der Waals surface area contributed by atoms with Crippen molar-refractivity contribution in [3.05, 3.63) is 17.6 Å². The molecule has 1 aliphatic rings. The molecule has 118 valence electrons. The first-order valence-electron chi connectivity index (χ1n) is 7.90. The number of aromatic nitrogens is 2. The molecule has 4 nitrogen and oxygen atoms in total. The van der Waals surface area contributed by atoms with Gasteiger partial charge in [-0.1, -0.05) is 41.5 Å². The fourth-order valence-electron chi connectivity index (χ4n) is 2.63. The van der Waals surface area contributed by atoms with Crippen molar-refractivity contribution in [2.45, 2.75) is 71.3 Å². The predicted molar refractivity (Wildman–Crippen MR) is 86.9 cm³/mol. The molecule has 1 saturated heterocycles. The first-order valence-corrected chi connectivity index (χ1v) is 7.90. The normalized spacial score (nSPS) is 20.1. The van der Waals surface area contributed by atoms with Crippen molar-refractivity contribution in [1.29, 1.82) is 0 Å². The molecule has 1 aliphatic heterocycles. The Morgan fingerprint density at radius 2 is 1.81 bits per heavy atom. The highest BCUT2D eigenvalue weighted by Gasteiger charge is 2.29. The third kappa shape index (κ3) is 3.54. The standard InChI is InChI=1S/C17H29N3O/c1-16(2,3)13-10-14(19-15(18-13)17(4,5)6)20-9-7-8-12(20)11-21/h10,12,21H,7-9,11H2,1-6H3. The van der Waals surface area contributed by atoms with Gasteiger partial charge in [0.15, 0.2) is 0 Å². The van der Waals surface area contributed by atoms with Crippen molar-refractivity contribution >= 4 is 5.82 Å². The second-order valence-electron chi connectivity index (χ2n) is 8.11. The van der Waals surface area contributed by atoms with Crippen molar-refractivity contribution in [2.75, 3.05) is 18.1 Å². The van der Waals surface area contributed by atoms with E-state index in [9.17, 15) is 5.11 Å². The van der Waals surface area contributed by atoms with Crippen LogP contribution in [0.5, 0.6) is 0 Å². The van der Waals surface area contributed by atoms with Gasteiger partial charge in [-0.25, -0.2) is 9.97 Å². The molecule has 0 spiro atoms. The van der Waals surface area contributed by atoms with Gasteiger partial charge in [-0.05, 0) is 12.8 Å². The Bertz CT molecular complexity index is 467. The van der Waals surface area contributed by atoms with E-state index in [2.05, 4.69) is 52.5 Å². The zero-order valence-electron chi connectivity index (χ0n) is 14.3. The van der Waals surface area contributed by atoms with Gasteiger partial charge in [0.1, 0.15) is 11.6 Å². The Morgan fingerprint density at radius 3 is 2.33 bits per heavy atom. The molecular formula is C17H29N3O. The summed E-state index contributed by atoms with van der Waals surface area (Å²) in [5, 5.41) is 9.57. The maximum atomic E-state index is 9.57. The van der Waals surface area contributed by atoms with Gasteiger partial charge in [-0.2, -0.15) is 0 Å². The zero-order valence-corrected chi connectivity index (χ0v) is 14.3. The fraction of sp³-hybridized carbons (Fsp3) is 0.765. The van der Waals surface area contributed by atoms with Gasteiger partial charge in [-0.3, -0.25) is 0 Å². The molecule has 0 saturated carbocycles. The molecule has 0 bridgehead atoms. The number of anilines is 1. The number of hydrogen-bond donors (Lipinski definition) is 1. The lowest BCUT2D eigenvalue weighted by Gasteiger charge is -2.29. The van der Waals surface area contributed by atoms with Gasteiger partial charge >= 0.3 is 0 Å². The van der Waals surface area contributed by atoms with Crippen LogP contribution in [0, 0.1) is 0 Å². The highest BCUT2D eigenvalue weighted by molar-refractivity contribution is 5.44. The molecule has 1 unspecified atom stereocenters. The van der Waals surface area contributed by atoms with Gasteiger partial charge in [0, 0.05) is 23.4 Å². The Kier molecular flexibility index (Phi) is 4.29. The van der Waals surface area contributed by atoms with E-state index in [0.29, 0.717) is 0 Å². The summed E-state index contributed by atoms with van der Waals surface area (Å²) in [6.07, 6.45) is 2.15. The molecule has 21 heavy (non-hydrogen) atoms. The minimum absolute atomic E-state index is 0.00781. The number of hydrogen-bond acceptors (Lipinski definition) is 4. The van der Waals surface area contributed by atoms with Crippen LogP contribution in [0.2, 0.25) is 0 Å². The first kappa shape index (κ1) is 16.2. The van der Waals surface area contributed by atoms with Crippen LogP contribution in [-0.2, 0) is 10.8 Å². The van der Waals surface area contributed by atoms with Crippen LogP contribution in [0.1, 0.15) is 65.9 Å². The molecule has 1 atom stereocenters. The third-order valence-electron chi connectivity index (χ3n) is 4.03.